The van der Waals surface area contributed by atoms with E-state index in [1.807, 2.05) is 0 Å². The minimum Gasteiger partial charge on any atom is -0.308 e. The number of amides is 2. The molecular weight excluding hydrogens is 360 g/mol. The fourth-order valence-electron chi connectivity index (χ4n) is 1.74. The summed E-state index contributed by atoms with van der Waals surface area (Å²) in [5, 5.41) is 15.8. The highest BCUT2D eigenvalue weighted by molar-refractivity contribution is 7.73. The zero-order valence-corrected chi connectivity index (χ0v) is 13.5. The Morgan fingerprint density at radius 3 is 2.25 bits per heavy atom. The second-order valence-electron chi connectivity index (χ2n) is 4.45. The summed E-state index contributed by atoms with van der Waals surface area (Å²) in [5.41, 5.74) is 0.612. The molecule has 11 heteroatoms. The second kappa shape index (κ2) is 7.62. The van der Waals surface area contributed by atoms with Crippen molar-refractivity contribution in [3.05, 3.63) is 57.6 Å². The lowest BCUT2D eigenvalue weighted by molar-refractivity contribution is -0.384. The van der Waals surface area contributed by atoms with E-state index in [1.54, 1.807) is 0 Å². The van der Waals surface area contributed by atoms with Crippen LogP contribution in [0.25, 0.3) is 0 Å². The molecule has 0 radical (unpaired) electrons. The Morgan fingerprint density at radius 1 is 1.04 bits per heavy atom. The maximum Gasteiger partial charge on any atom is 0.323 e. The average Bonchev–Trinajstić information content (AvgIpc) is 2.50. The fraction of sp³-hybridized carbons (Fsp3) is 0. The van der Waals surface area contributed by atoms with Crippen molar-refractivity contribution in [3.63, 3.8) is 0 Å². The van der Waals surface area contributed by atoms with Gasteiger partial charge in [-0.3, -0.25) is 14.8 Å². The number of hydrogen-bond donors (Lipinski definition) is 4. The van der Waals surface area contributed by atoms with Gasteiger partial charge in [0, 0.05) is 23.5 Å². The lowest BCUT2D eigenvalue weighted by atomic mass is 10.2. The number of rotatable bonds is 5. The first-order valence-corrected chi connectivity index (χ1v) is 7.94. The van der Waals surface area contributed by atoms with Crippen LogP contribution in [0, 0.1) is 10.1 Å². The third-order valence-electron chi connectivity index (χ3n) is 2.77. The maximum absolute atomic E-state index is 11.9. The Hall–Kier alpha value is -2.85. The predicted octanol–water partition coefficient (Wildman–Crippen LogP) is 2.83. The lowest BCUT2D eigenvalue weighted by Crippen LogP contribution is -2.19. The van der Waals surface area contributed by atoms with Crippen LogP contribution in [0.3, 0.4) is 0 Å². The average molecular weight is 371 g/mol. The van der Waals surface area contributed by atoms with Crippen LogP contribution in [0.15, 0.2) is 42.5 Å². The highest BCUT2D eigenvalue weighted by Gasteiger charge is 2.12. The summed E-state index contributed by atoms with van der Waals surface area (Å²) in [6.45, 7) is 0. The summed E-state index contributed by atoms with van der Waals surface area (Å²) < 4.78 is 23.2. The quantitative estimate of drug-likeness (QED) is 0.365. The van der Waals surface area contributed by atoms with Crippen LogP contribution < -0.4 is 15.4 Å². The number of nitrogens with zero attached hydrogens (tertiary/aromatic N) is 1. The number of nitrogens with one attached hydrogen (secondary N) is 3. The second-order valence-corrected chi connectivity index (χ2v) is 5.59. The van der Waals surface area contributed by atoms with E-state index in [2.05, 4.69) is 15.4 Å². The summed E-state index contributed by atoms with van der Waals surface area (Å²) in [6, 6.07) is 8.89. The highest BCUT2D eigenvalue weighted by Crippen LogP contribution is 2.26. The molecule has 0 saturated carbocycles. The number of anilines is 3. The Bertz CT molecular complexity index is 846. The zero-order valence-electron chi connectivity index (χ0n) is 11.9. The van der Waals surface area contributed by atoms with Crippen molar-refractivity contribution in [2.24, 2.45) is 0 Å². The number of nitro groups is 1. The first-order chi connectivity index (χ1) is 11.3. The van der Waals surface area contributed by atoms with Crippen molar-refractivity contribution in [2.45, 2.75) is 0 Å². The molecule has 2 rings (SSSR count). The van der Waals surface area contributed by atoms with E-state index in [9.17, 15) is 23.3 Å². The molecule has 0 unspecified atom stereocenters. The number of thiol groups is 1. The van der Waals surface area contributed by atoms with E-state index < -0.39 is 21.8 Å². The maximum atomic E-state index is 11.9. The molecule has 0 bridgehead atoms. The van der Waals surface area contributed by atoms with E-state index in [-0.39, 0.29) is 16.4 Å². The first kappa shape index (κ1) is 17.5. The van der Waals surface area contributed by atoms with E-state index in [0.717, 1.165) is 6.07 Å². The van der Waals surface area contributed by atoms with Gasteiger partial charge in [-0.05, 0) is 30.3 Å². The first-order valence-electron chi connectivity index (χ1n) is 6.38. The molecule has 3 N–H and O–H groups in total. The lowest BCUT2D eigenvalue weighted by Gasteiger charge is -2.09. The van der Waals surface area contributed by atoms with Crippen molar-refractivity contribution >= 4 is 51.3 Å². The number of benzene rings is 2. The largest absolute Gasteiger partial charge is 0.323 e. The Morgan fingerprint density at radius 2 is 1.67 bits per heavy atom. The minimum absolute atomic E-state index is 0.0880. The van der Waals surface area contributed by atoms with Gasteiger partial charge in [-0.25, -0.2) is 13.2 Å². The van der Waals surface area contributed by atoms with Gasteiger partial charge < -0.3 is 10.6 Å². The molecule has 0 saturated heterocycles. The van der Waals surface area contributed by atoms with Crippen LogP contribution in [-0.4, -0.2) is 19.4 Å². The number of carbonyl (C=O) groups excluding carboxylic acids is 1. The summed E-state index contributed by atoms with van der Waals surface area (Å²) in [6.07, 6.45) is 0. The van der Waals surface area contributed by atoms with E-state index in [4.69, 9.17) is 11.6 Å². The molecule has 2 amide bonds. The number of halogens is 1. The van der Waals surface area contributed by atoms with Gasteiger partial charge in [0.05, 0.1) is 15.6 Å². The highest BCUT2D eigenvalue weighted by atomic mass is 35.5. The van der Waals surface area contributed by atoms with Crippen LogP contribution in [0.5, 0.6) is 0 Å². The smallest absolute Gasteiger partial charge is 0.308 e. The van der Waals surface area contributed by atoms with Gasteiger partial charge >= 0.3 is 6.03 Å². The van der Waals surface area contributed by atoms with Crippen LogP contribution in [0.4, 0.5) is 27.5 Å². The van der Waals surface area contributed by atoms with Gasteiger partial charge in [0.25, 0.3) is 5.69 Å². The third kappa shape index (κ3) is 4.83. The van der Waals surface area contributed by atoms with Crippen molar-refractivity contribution in [2.75, 3.05) is 15.4 Å². The Labute approximate surface area is 142 Å². The van der Waals surface area contributed by atoms with Gasteiger partial charge in [-0.15, -0.1) is 0 Å². The topological polar surface area (TPSA) is 130 Å². The molecule has 0 heterocycles. The summed E-state index contributed by atoms with van der Waals surface area (Å²) in [7, 11) is -2.77. The van der Waals surface area contributed by atoms with Crippen LogP contribution in [-0.2, 0) is 10.9 Å². The molecule has 2 aromatic carbocycles. The van der Waals surface area contributed by atoms with Gasteiger partial charge in [0.2, 0.25) is 10.9 Å². The molecule has 126 valence electrons. The van der Waals surface area contributed by atoms with Crippen molar-refractivity contribution in [1.29, 1.82) is 0 Å². The Kier molecular flexibility index (Phi) is 5.55. The SMILES string of the molecule is O=C(Nc1ccc(N[SH](=O)=O)cc1)Nc1cc([N+](=O)[O-])ccc1Cl. The summed E-state index contributed by atoms with van der Waals surface area (Å²) >= 11 is 5.89. The zero-order chi connectivity index (χ0) is 17.7. The molecule has 0 fully saturated rings. The van der Waals surface area contributed by atoms with Crippen LogP contribution >= 0.6 is 11.6 Å². The van der Waals surface area contributed by atoms with Gasteiger partial charge in [0.15, 0.2) is 0 Å². The fourth-order valence-corrected chi connectivity index (χ4v) is 2.27. The molecule has 0 spiro atoms. The minimum atomic E-state index is -2.77. The van der Waals surface area contributed by atoms with Crippen molar-refractivity contribution < 1.29 is 18.1 Å². The Balaban J connectivity index is 2.05. The van der Waals surface area contributed by atoms with Gasteiger partial charge in [-0.1, -0.05) is 11.6 Å². The molecule has 2 aromatic rings. The monoisotopic (exact) mass is 370 g/mol. The van der Waals surface area contributed by atoms with Gasteiger partial charge in [0.1, 0.15) is 0 Å². The van der Waals surface area contributed by atoms with Crippen LogP contribution in [0.2, 0.25) is 5.02 Å². The number of hydrogen-bond acceptors (Lipinski definition) is 5. The van der Waals surface area contributed by atoms with E-state index in [1.165, 1.54) is 36.4 Å². The van der Waals surface area contributed by atoms with Crippen molar-refractivity contribution in [3.8, 4) is 0 Å². The molecule has 24 heavy (non-hydrogen) atoms. The molecular formula is C13H11ClN4O5S. The molecule has 0 aromatic heterocycles. The van der Waals surface area contributed by atoms with Gasteiger partial charge in [-0.2, -0.15) is 0 Å². The molecule has 9 nitrogen and oxygen atoms in total. The number of urea groups is 1. The molecule has 0 aliphatic rings. The van der Waals surface area contributed by atoms with Crippen LogP contribution in [0.1, 0.15) is 0 Å². The standard InChI is InChI=1S/C13H11ClN4O5S/c14-11-6-5-10(18(20)21)7-12(11)16-13(19)15-8-1-3-9(4-2-8)17-24(22)23/h1-7,24H,(H2,15,16,19)(H,17,22,23). The number of carbonyl (C=O) groups is 1. The molecule has 0 atom stereocenters. The number of nitro benzene ring substituents is 1. The molecule has 0 aliphatic carbocycles. The van der Waals surface area contributed by atoms with Crippen molar-refractivity contribution in [1.82, 2.24) is 0 Å². The van der Waals surface area contributed by atoms with E-state index in [0.29, 0.717) is 11.4 Å². The summed E-state index contributed by atoms with van der Waals surface area (Å²) in [5.74, 6) is 0. The normalized spacial score (nSPS) is 10.2. The predicted molar refractivity (Wildman–Crippen MR) is 91.1 cm³/mol. The third-order valence-corrected chi connectivity index (χ3v) is 3.54. The van der Waals surface area contributed by atoms with E-state index >= 15 is 0 Å². The number of non-ortho nitro benzene ring substituents is 1. The molecule has 0 aliphatic heterocycles. The summed E-state index contributed by atoms with van der Waals surface area (Å²) in [4.78, 5) is 22.0.